The minimum Gasteiger partial charge on any atom is -0.379 e. The molecule has 6 nitrogen and oxygen atoms in total. The number of carbonyl (C=O) groups is 1. The van der Waals surface area contributed by atoms with Crippen LogP contribution < -0.4 is 5.32 Å². The summed E-state index contributed by atoms with van der Waals surface area (Å²) in [6, 6.07) is 6.40. The monoisotopic (exact) mass is 358 g/mol. The Morgan fingerprint density at radius 1 is 1.31 bits per heavy atom. The van der Waals surface area contributed by atoms with Gasteiger partial charge in [0, 0.05) is 56.8 Å². The van der Waals surface area contributed by atoms with Gasteiger partial charge in [-0.3, -0.25) is 14.8 Å². The van der Waals surface area contributed by atoms with Gasteiger partial charge in [0.05, 0.1) is 5.69 Å². The second-order valence-corrected chi connectivity index (χ2v) is 6.58. The van der Waals surface area contributed by atoms with Crippen molar-refractivity contribution < 1.29 is 14.3 Å². The molecular formula is C19H23FN4O2. The predicted molar refractivity (Wildman–Crippen MR) is 94.6 cm³/mol. The van der Waals surface area contributed by atoms with E-state index in [1.807, 2.05) is 0 Å². The normalized spacial score (nSPS) is 20.4. The molecule has 0 saturated carbocycles. The van der Waals surface area contributed by atoms with E-state index in [1.165, 1.54) is 11.0 Å². The molecule has 0 radical (unpaired) electrons. The number of carbonyl (C=O) groups excluding carboxylic acids is 1. The molecule has 0 aliphatic carbocycles. The lowest BCUT2D eigenvalue weighted by atomic mass is 9.91. The van der Waals surface area contributed by atoms with Crippen molar-refractivity contribution in [3.05, 3.63) is 59.9 Å². The molecule has 1 aromatic carbocycles. The zero-order chi connectivity index (χ0) is 18.4. The van der Waals surface area contributed by atoms with Gasteiger partial charge in [0.25, 0.3) is 5.91 Å². The van der Waals surface area contributed by atoms with E-state index in [2.05, 4.69) is 15.3 Å². The number of likely N-dealkylation sites (tertiary alicyclic amines) is 1. The van der Waals surface area contributed by atoms with Crippen LogP contribution in [0.15, 0.2) is 42.9 Å². The standard InChI is InChI=1S/C19H23FN4O2/c20-17-5-2-1-4-15(17)13-24-11-3-7-19(26,18(24)25)14-22-8-6-16-12-21-9-10-23-16/h1-2,4-5,9-10,12,22,26H,3,6-8,11,13-14H2. The third-order valence-corrected chi connectivity index (χ3v) is 4.61. The molecule has 26 heavy (non-hydrogen) atoms. The van der Waals surface area contributed by atoms with Crippen LogP contribution in [0.1, 0.15) is 24.1 Å². The number of amides is 1. The number of nitrogens with one attached hydrogen (secondary N) is 1. The predicted octanol–water partition coefficient (Wildman–Crippen LogP) is 1.30. The van der Waals surface area contributed by atoms with Crippen LogP contribution in [0.2, 0.25) is 0 Å². The van der Waals surface area contributed by atoms with Crippen molar-refractivity contribution in [2.75, 3.05) is 19.6 Å². The molecule has 7 heteroatoms. The third kappa shape index (κ3) is 4.42. The van der Waals surface area contributed by atoms with Crippen molar-refractivity contribution in [3.63, 3.8) is 0 Å². The fourth-order valence-electron chi connectivity index (χ4n) is 3.18. The van der Waals surface area contributed by atoms with E-state index in [1.54, 1.807) is 36.8 Å². The van der Waals surface area contributed by atoms with E-state index in [0.29, 0.717) is 37.9 Å². The van der Waals surface area contributed by atoms with Crippen LogP contribution in [0.4, 0.5) is 4.39 Å². The van der Waals surface area contributed by atoms with Crippen molar-refractivity contribution in [2.24, 2.45) is 0 Å². The Morgan fingerprint density at radius 2 is 2.15 bits per heavy atom. The second-order valence-electron chi connectivity index (χ2n) is 6.58. The fourth-order valence-corrected chi connectivity index (χ4v) is 3.18. The summed E-state index contributed by atoms with van der Waals surface area (Å²) >= 11 is 0. The van der Waals surface area contributed by atoms with Crippen LogP contribution in [0, 0.1) is 5.82 Å². The largest absolute Gasteiger partial charge is 0.379 e. The first-order valence-electron chi connectivity index (χ1n) is 8.79. The summed E-state index contributed by atoms with van der Waals surface area (Å²) < 4.78 is 13.9. The van der Waals surface area contributed by atoms with Crippen LogP contribution in [0.5, 0.6) is 0 Å². The van der Waals surface area contributed by atoms with Gasteiger partial charge < -0.3 is 15.3 Å². The molecule has 1 aliphatic heterocycles. The lowest BCUT2D eigenvalue weighted by molar-refractivity contribution is -0.157. The van der Waals surface area contributed by atoms with Crippen molar-refractivity contribution in [1.82, 2.24) is 20.2 Å². The van der Waals surface area contributed by atoms with Gasteiger partial charge in [-0.25, -0.2) is 4.39 Å². The highest BCUT2D eigenvalue weighted by atomic mass is 19.1. The van der Waals surface area contributed by atoms with Crippen molar-refractivity contribution >= 4 is 5.91 Å². The maximum absolute atomic E-state index is 13.9. The fraction of sp³-hybridized carbons (Fsp3) is 0.421. The molecule has 0 bridgehead atoms. The SMILES string of the molecule is O=C1N(Cc2ccccc2F)CCCC1(O)CNCCc1cnccn1. The molecule has 1 aliphatic rings. The van der Waals surface area contributed by atoms with Crippen LogP contribution in [0.3, 0.4) is 0 Å². The molecule has 1 unspecified atom stereocenters. The molecule has 0 spiro atoms. The Hall–Kier alpha value is -2.38. The number of halogens is 1. The average molecular weight is 358 g/mol. The van der Waals surface area contributed by atoms with Crippen molar-refractivity contribution in [3.8, 4) is 0 Å². The molecule has 1 aromatic heterocycles. The number of hydrogen-bond donors (Lipinski definition) is 2. The summed E-state index contributed by atoms with van der Waals surface area (Å²) in [7, 11) is 0. The molecule has 1 fully saturated rings. The van der Waals surface area contributed by atoms with Crippen LogP contribution >= 0.6 is 0 Å². The number of piperidine rings is 1. The minimum absolute atomic E-state index is 0.167. The summed E-state index contributed by atoms with van der Waals surface area (Å²) in [5, 5.41) is 13.9. The maximum atomic E-state index is 13.9. The van der Waals surface area contributed by atoms with Gasteiger partial charge in [0.15, 0.2) is 5.60 Å². The molecule has 2 heterocycles. The molecule has 138 valence electrons. The summed E-state index contributed by atoms with van der Waals surface area (Å²) in [6.07, 6.45) is 6.69. The minimum atomic E-state index is -1.45. The number of nitrogens with zero attached hydrogens (tertiary/aromatic N) is 3. The van der Waals surface area contributed by atoms with E-state index in [-0.39, 0.29) is 24.8 Å². The van der Waals surface area contributed by atoms with E-state index >= 15 is 0 Å². The van der Waals surface area contributed by atoms with Gasteiger partial charge in [0.2, 0.25) is 0 Å². The molecule has 2 N–H and O–H groups in total. The zero-order valence-electron chi connectivity index (χ0n) is 14.6. The van der Waals surface area contributed by atoms with Gasteiger partial charge >= 0.3 is 0 Å². The Labute approximate surface area is 152 Å². The van der Waals surface area contributed by atoms with Crippen LogP contribution in [-0.4, -0.2) is 51.1 Å². The molecular weight excluding hydrogens is 335 g/mol. The van der Waals surface area contributed by atoms with E-state index in [4.69, 9.17) is 0 Å². The van der Waals surface area contributed by atoms with Gasteiger partial charge in [-0.2, -0.15) is 0 Å². The number of aromatic nitrogens is 2. The summed E-state index contributed by atoms with van der Waals surface area (Å²) in [6.45, 7) is 1.45. The zero-order valence-corrected chi connectivity index (χ0v) is 14.6. The molecule has 1 atom stereocenters. The van der Waals surface area contributed by atoms with E-state index in [9.17, 15) is 14.3 Å². The number of benzene rings is 1. The lowest BCUT2D eigenvalue weighted by Crippen LogP contribution is -2.57. The second kappa shape index (κ2) is 8.33. The van der Waals surface area contributed by atoms with Gasteiger partial charge in [-0.05, 0) is 18.9 Å². The molecule has 2 aromatic rings. The number of rotatable bonds is 7. The highest BCUT2D eigenvalue weighted by molar-refractivity contribution is 5.86. The Balaban J connectivity index is 1.54. The van der Waals surface area contributed by atoms with E-state index in [0.717, 1.165) is 5.69 Å². The first kappa shape index (κ1) is 18.4. The average Bonchev–Trinajstić information content (AvgIpc) is 2.65. The molecule has 3 rings (SSSR count). The Kier molecular flexibility index (Phi) is 5.90. The first-order valence-corrected chi connectivity index (χ1v) is 8.79. The summed E-state index contributed by atoms with van der Waals surface area (Å²) in [4.78, 5) is 22.4. The smallest absolute Gasteiger partial charge is 0.256 e. The third-order valence-electron chi connectivity index (χ3n) is 4.61. The first-order chi connectivity index (χ1) is 12.6. The number of aliphatic hydroxyl groups is 1. The van der Waals surface area contributed by atoms with Crippen molar-refractivity contribution in [1.29, 1.82) is 0 Å². The van der Waals surface area contributed by atoms with Gasteiger partial charge in [-0.15, -0.1) is 0 Å². The Morgan fingerprint density at radius 3 is 2.92 bits per heavy atom. The quantitative estimate of drug-likeness (QED) is 0.730. The lowest BCUT2D eigenvalue weighted by Gasteiger charge is -2.38. The highest BCUT2D eigenvalue weighted by Gasteiger charge is 2.41. The maximum Gasteiger partial charge on any atom is 0.256 e. The molecule has 1 amide bonds. The number of hydrogen-bond acceptors (Lipinski definition) is 5. The van der Waals surface area contributed by atoms with Gasteiger partial charge in [-0.1, -0.05) is 18.2 Å². The highest BCUT2D eigenvalue weighted by Crippen LogP contribution is 2.24. The van der Waals surface area contributed by atoms with Crippen LogP contribution in [-0.2, 0) is 17.8 Å². The summed E-state index contributed by atoms with van der Waals surface area (Å²) in [5.41, 5.74) is -0.143. The topological polar surface area (TPSA) is 78.4 Å². The van der Waals surface area contributed by atoms with Crippen molar-refractivity contribution in [2.45, 2.75) is 31.4 Å². The summed E-state index contributed by atoms with van der Waals surface area (Å²) in [5.74, 6) is -0.685. The molecule has 1 saturated heterocycles. The van der Waals surface area contributed by atoms with Crippen LogP contribution in [0.25, 0.3) is 0 Å². The van der Waals surface area contributed by atoms with Gasteiger partial charge in [0.1, 0.15) is 5.82 Å². The Bertz CT molecular complexity index is 743. The van der Waals surface area contributed by atoms with E-state index < -0.39 is 5.60 Å².